The lowest BCUT2D eigenvalue weighted by molar-refractivity contribution is -1.03. The maximum Gasteiger partial charge on any atom is 0.214 e. The first-order valence-electron chi connectivity index (χ1n) is 10.6. The number of aromatic nitrogens is 4. The molecule has 6 heteroatoms. The van der Waals surface area contributed by atoms with Crippen LogP contribution in [0, 0.1) is 0 Å². The number of quaternary nitrogens is 2. The van der Waals surface area contributed by atoms with Crippen LogP contribution >= 0.6 is 0 Å². The largest absolute Gasteiger partial charge is 0.322 e. The third-order valence-electron chi connectivity index (χ3n) is 5.82. The number of hydrogen-bond acceptors (Lipinski definition) is 3. The molecule has 6 nitrogen and oxygen atoms in total. The summed E-state index contributed by atoms with van der Waals surface area (Å²) in [5.41, 5.74) is 2.56. The molecule has 29 heavy (non-hydrogen) atoms. The summed E-state index contributed by atoms with van der Waals surface area (Å²) in [5.74, 6) is 0.963. The first-order valence-corrected chi connectivity index (χ1v) is 10.6. The van der Waals surface area contributed by atoms with Crippen molar-refractivity contribution in [2.75, 3.05) is 26.2 Å². The quantitative estimate of drug-likeness (QED) is 0.665. The molecule has 0 spiro atoms. The number of hydrogen-bond donors (Lipinski definition) is 2. The third kappa shape index (κ3) is 4.54. The number of piperazine rings is 1. The maximum absolute atomic E-state index is 4.50. The molecule has 0 bridgehead atoms. The highest BCUT2D eigenvalue weighted by Gasteiger charge is 2.37. The van der Waals surface area contributed by atoms with Crippen LogP contribution in [-0.2, 0) is 12.1 Å². The number of benzene rings is 2. The lowest BCUT2D eigenvalue weighted by Crippen LogP contribution is -3.27. The minimum Gasteiger partial charge on any atom is -0.322 e. The molecule has 1 aromatic heterocycles. The van der Waals surface area contributed by atoms with Gasteiger partial charge in [-0.3, -0.25) is 0 Å². The van der Waals surface area contributed by atoms with Crippen molar-refractivity contribution in [2.24, 2.45) is 0 Å². The summed E-state index contributed by atoms with van der Waals surface area (Å²) in [4.78, 5) is 3.20. The van der Waals surface area contributed by atoms with Gasteiger partial charge in [-0.2, -0.15) is 0 Å². The van der Waals surface area contributed by atoms with Crippen molar-refractivity contribution >= 4 is 0 Å². The highest BCUT2D eigenvalue weighted by molar-refractivity contribution is 5.22. The zero-order valence-electron chi connectivity index (χ0n) is 17.7. The van der Waals surface area contributed by atoms with E-state index in [-0.39, 0.29) is 11.6 Å². The van der Waals surface area contributed by atoms with Crippen molar-refractivity contribution in [3.05, 3.63) is 77.6 Å². The van der Waals surface area contributed by atoms with Crippen LogP contribution in [0.4, 0.5) is 0 Å². The van der Waals surface area contributed by atoms with Gasteiger partial charge in [0, 0.05) is 11.1 Å². The van der Waals surface area contributed by atoms with Gasteiger partial charge in [0.1, 0.15) is 32.7 Å². The van der Waals surface area contributed by atoms with E-state index in [0.717, 1.165) is 38.5 Å². The van der Waals surface area contributed by atoms with Crippen LogP contribution in [0.5, 0.6) is 0 Å². The van der Waals surface area contributed by atoms with E-state index in [0.29, 0.717) is 0 Å². The van der Waals surface area contributed by atoms with Gasteiger partial charge >= 0.3 is 0 Å². The average Bonchev–Trinajstić information content (AvgIpc) is 3.21. The van der Waals surface area contributed by atoms with Crippen LogP contribution in [0.25, 0.3) is 0 Å². The second kappa shape index (κ2) is 8.43. The van der Waals surface area contributed by atoms with Crippen molar-refractivity contribution in [1.29, 1.82) is 0 Å². The second-order valence-electron chi connectivity index (χ2n) is 9.03. The number of rotatable bonds is 5. The zero-order chi connectivity index (χ0) is 20.3. The number of tetrazole rings is 1. The van der Waals surface area contributed by atoms with Gasteiger partial charge in [-0.15, -0.1) is 5.10 Å². The smallest absolute Gasteiger partial charge is 0.214 e. The van der Waals surface area contributed by atoms with E-state index in [1.54, 1.807) is 9.80 Å². The standard InChI is InChI=1S/C23H30N6/c1-23(2,3)29-22(24-25-26-29)21(20-12-8-5-9-13-20)28-16-14-27(15-17-28)18-19-10-6-4-7-11-19/h4-13,21H,14-18H2,1-3H3/p+2/t21-/m0/s1. The Labute approximate surface area is 173 Å². The van der Waals surface area contributed by atoms with Crippen molar-refractivity contribution in [3.63, 3.8) is 0 Å². The Kier molecular flexibility index (Phi) is 5.74. The summed E-state index contributed by atoms with van der Waals surface area (Å²) >= 11 is 0. The molecule has 1 fully saturated rings. The van der Waals surface area contributed by atoms with E-state index < -0.39 is 0 Å². The number of nitrogens with zero attached hydrogens (tertiary/aromatic N) is 4. The molecule has 2 N–H and O–H groups in total. The van der Waals surface area contributed by atoms with Gasteiger partial charge < -0.3 is 9.80 Å². The molecule has 1 atom stereocenters. The molecule has 4 rings (SSSR count). The first-order chi connectivity index (χ1) is 14.0. The summed E-state index contributed by atoms with van der Waals surface area (Å²) in [5, 5.41) is 12.9. The summed E-state index contributed by atoms with van der Waals surface area (Å²) in [6, 6.07) is 21.7. The van der Waals surface area contributed by atoms with Crippen LogP contribution in [0.1, 0.15) is 43.8 Å². The topological polar surface area (TPSA) is 52.5 Å². The Bertz CT molecular complexity index is 892. The Hall–Kier alpha value is -2.57. The Morgan fingerprint density at radius 3 is 2.14 bits per heavy atom. The summed E-state index contributed by atoms with van der Waals surface area (Å²) in [6.45, 7) is 12.1. The van der Waals surface area contributed by atoms with Crippen molar-refractivity contribution in [3.8, 4) is 0 Å². The van der Waals surface area contributed by atoms with Crippen LogP contribution in [0.15, 0.2) is 60.7 Å². The first kappa shape index (κ1) is 19.7. The Morgan fingerprint density at radius 1 is 0.897 bits per heavy atom. The molecule has 2 heterocycles. The van der Waals surface area contributed by atoms with Gasteiger partial charge in [0.15, 0.2) is 6.04 Å². The predicted octanol–water partition coefficient (Wildman–Crippen LogP) is 0.501. The Morgan fingerprint density at radius 2 is 1.52 bits per heavy atom. The van der Waals surface area contributed by atoms with Gasteiger partial charge in [-0.05, 0) is 31.2 Å². The maximum atomic E-state index is 4.50. The van der Waals surface area contributed by atoms with Gasteiger partial charge in [0.2, 0.25) is 5.82 Å². The zero-order valence-corrected chi connectivity index (χ0v) is 17.7. The Balaban J connectivity index is 1.55. The molecule has 3 aromatic rings. The van der Waals surface area contributed by atoms with Crippen LogP contribution < -0.4 is 9.80 Å². The van der Waals surface area contributed by atoms with Gasteiger partial charge in [-0.1, -0.05) is 60.7 Å². The molecule has 0 aliphatic carbocycles. The highest BCUT2D eigenvalue weighted by atomic mass is 15.6. The molecule has 1 aliphatic rings. The molecule has 2 aromatic carbocycles. The van der Waals surface area contributed by atoms with Crippen LogP contribution in [0.3, 0.4) is 0 Å². The molecule has 0 amide bonds. The normalized spacial score (nSPS) is 21.1. The predicted molar refractivity (Wildman–Crippen MR) is 113 cm³/mol. The van der Waals surface area contributed by atoms with E-state index in [2.05, 4.69) is 97.0 Å². The fraction of sp³-hybridized carbons (Fsp3) is 0.435. The fourth-order valence-electron chi connectivity index (χ4n) is 4.34. The van der Waals surface area contributed by atoms with E-state index in [4.69, 9.17) is 0 Å². The lowest BCUT2D eigenvalue weighted by Gasteiger charge is -2.35. The van der Waals surface area contributed by atoms with Crippen molar-refractivity contribution in [2.45, 2.75) is 38.9 Å². The molecule has 0 unspecified atom stereocenters. The van der Waals surface area contributed by atoms with Gasteiger partial charge in [0.25, 0.3) is 0 Å². The van der Waals surface area contributed by atoms with Crippen molar-refractivity contribution in [1.82, 2.24) is 20.2 Å². The van der Waals surface area contributed by atoms with Gasteiger partial charge in [-0.25, -0.2) is 4.68 Å². The summed E-state index contributed by atoms with van der Waals surface area (Å²) < 4.78 is 2.00. The number of nitrogens with one attached hydrogen (secondary N) is 2. The molecular formula is C23H32N6+2. The minimum atomic E-state index is -0.147. The van der Waals surface area contributed by atoms with E-state index in [1.807, 2.05) is 4.68 Å². The molecule has 0 radical (unpaired) electrons. The van der Waals surface area contributed by atoms with Crippen LogP contribution in [0.2, 0.25) is 0 Å². The summed E-state index contributed by atoms with van der Waals surface area (Å²) in [6.07, 6.45) is 0. The molecule has 1 aliphatic heterocycles. The molecule has 152 valence electrons. The second-order valence-corrected chi connectivity index (χ2v) is 9.03. The average molecular weight is 393 g/mol. The van der Waals surface area contributed by atoms with Gasteiger partial charge in [0.05, 0.1) is 5.54 Å². The third-order valence-corrected chi connectivity index (χ3v) is 5.82. The summed E-state index contributed by atoms with van der Waals surface area (Å²) in [7, 11) is 0. The molecule has 0 saturated carbocycles. The van der Waals surface area contributed by atoms with E-state index in [9.17, 15) is 0 Å². The SMILES string of the molecule is CC(C)(C)n1nnnc1[C@H](c1ccccc1)[NH+]1CC[NH+](Cc2ccccc2)CC1. The highest BCUT2D eigenvalue weighted by Crippen LogP contribution is 2.21. The van der Waals surface area contributed by atoms with E-state index >= 15 is 0 Å². The van der Waals surface area contributed by atoms with Crippen LogP contribution in [-0.4, -0.2) is 46.4 Å². The molecular weight excluding hydrogens is 360 g/mol. The monoisotopic (exact) mass is 392 g/mol. The van der Waals surface area contributed by atoms with E-state index in [1.165, 1.54) is 11.1 Å². The minimum absolute atomic E-state index is 0.147. The molecule has 1 saturated heterocycles. The lowest BCUT2D eigenvalue weighted by atomic mass is 10.0. The van der Waals surface area contributed by atoms with Crippen molar-refractivity contribution < 1.29 is 9.80 Å². The fourth-order valence-corrected chi connectivity index (χ4v) is 4.34.